The van der Waals surface area contributed by atoms with Crippen LogP contribution >= 0.6 is 11.6 Å². The average molecular weight is 604 g/mol. The smallest absolute Gasteiger partial charge is 0.264 e. The summed E-state index contributed by atoms with van der Waals surface area (Å²) in [4.78, 5) is 29.1. The zero-order valence-electron chi connectivity index (χ0n) is 23.8. The van der Waals surface area contributed by atoms with E-state index in [2.05, 4.69) is 5.32 Å². The van der Waals surface area contributed by atoms with Crippen LogP contribution in [0.25, 0.3) is 0 Å². The molecule has 0 aliphatic carbocycles. The number of halogens is 1. The standard InChI is InChI=1S/C33H34ClN3O4S/c1-24-18-25(2)20-29(19-24)37(42(40,41)30-12-8-5-9-13-30)23-32(38)36(22-27-14-16-28(34)17-15-27)31(33(39)35-3)21-26-10-6-4-7-11-26/h4-20,31H,21-23H2,1-3H3,(H,35,39)/t31-/m0/s1. The van der Waals surface area contributed by atoms with E-state index < -0.39 is 28.5 Å². The van der Waals surface area contributed by atoms with E-state index in [1.807, 2.05) is 50.2 Å². The molecule has 4 rings (SSSR count). The number of likely N-dealkylation sites (N-methyl/N-ethyl adjacent to an activating group) is 1. The van der Waals surface area contributed by atoms with E-state index in [0.29, 0.717) is 10.7 Å². The second kappa shape index (κ2) is 13.7. The molecule has 218 valence electrons. The molecule has 0 aliphatic heterocycles. The Balaban J connectivity index is 1.80. The van der Waals surface area contributed by atoms with Crippen molar-refractivity contribution in [2.75, 3.05) is 17.9 Å². The third kappa shape index (κ3) is 7.57. The minimum absolute atomic E-state index is 0.0633. The third-order valence-electron chi connectivity index (χ3n) is 6.89. The maximum absolute atomic E-state index is 14.3. The van der Waals surface area contributed by atoms with Crippen molar-refractivity contribution in [3.63, 3.8) is 0 Å². The first-order valence-corrected chi connectivity index (χ1v) is 15.4. The summed E-state index contributed by atoms with van der Waals surface area (Å²) < 4.78 is 29.2. The molecule has 42 heavy (non-hydrogen) atoms. The van der Waals surface area contributed by atoms with Gasteiger partial charge < -0.3 is 10.2 Å². The van der Waals surface area contributed by atoms with Gasteiger partial charge in [-0.15, -0.1) is 0 Å². The van der Waals surface area contributed by atoms with E-state index in [0.717, 1.165) is 26.6 Å². The molecule has 1 atom stereocenters. The molecule has 0 saturated heterocycles. The molecular weight excluding hydrogens is 570 g/mol. The van der Waals surface area contributed by atoms with Crippen LogP contribution in [-0.2, 0) is 32.6 Å². The van der Waals surface area contributed by atoms with Gasteiger partial charge in [-0.2, -0.15) is 0 Å². The molecule has 0 aliphatic rings. The minimum atomic E-state index is -4.14. The third-order valence-corrected chi connectivity index (χ3v) is 8.93. The lowest BCUT2D eigenvalue weighted by molar-refractivity contribution is -0.139. The molecule has 9 heteroatoms. The summed E-state index contributed by atoms with van der Waals surface area (Å²) in [5.41, 5.74) is 3.70. The molecule has 4 aromatic carbocycles. The van der Waals surface area contributed by atoms with Crippen LogP contribution in [0.2, 0.25) is 5.02 Å². The van der Waals surface area contributed by atoms with Crippen molar-refractivity contribution < 1.29 is 18.0 Å². The summed E-state index contributed by atoms with van der Waals surface area (Å²) in [5.74, 6) is -0.877. The van der Waals surface area contributed by atoms with Crippen LogP contribution < -0.4 is 9.62 Å². The van der Waals surface area contributed by atoms with Crippen molar-refractivity contribution in [2.45, 2.75) is 37.8 Å². The van der Waals surface area contributed by atoms with Gasteiger partial charge in [0.05, 0.1) is 10.6 Å². The Morgan fingerprint density at radius 1 is 0.810 bits per heavy atom. The molecule has 2 amide bonds. The van der Waals surface area contributed by atoms with E-state index in [9.17, 15) is 18.0 Å². The Hall–Kier alpha value is -4.14. The van der Waals surface area contributed by atoms with Gasteiger partial charge in [0.1, 0.15) is 12.6 Å². The number of carbonyl (C=O) groups is 2. The predicted molar refractivity (Wildman–Crippen MR) is 167 cm³/mol. The van der Waals surface area contributed by atoms with Gasteiger partial charge >= 0.3 is 0 Å². The van der Waals surface area contributed by atoms with Crippen LogP contribution in [-0.4, -0.2) is 44.8 Å². The molecule has 0 heterocycles. The van der Waals surface area contributed by atoms with Crippen molar-refractivity contribution in [2.24, 2.45) is 0 Å². The Morgan fingerprint density at radius 3 is 1.95 bits per heavy atom. The maximum Gasteiger partial charge on any atom is 0.264 e. The predicted octanol–water partition coefficient (Wildman–Crippen LogP) is 5.54. The number of aryl methyl sites for hydroxylation is 2. The molecule has 0 fully saturated rings. The Labute approximate surface area is 252 Å². The molecule has 1 N–H and O–H groups in total. The first-order chi connectivity index (χ1) is 20.1. The first kappa shape index (κ1) is 30.8. The van der Waals surface area contributed by atoms with Crippen molar-refractivity contribution in [3.05, 3.63) is 130 Å². The van der Waals surface area contributed by atoms with Crippen LogP contribution in [0.15, 0.2) is 108 Å². The lowest BCUT2D eigenvalue weighted by Gasteiger charge is -2.33. The highest BCUT2D eigenvalue weighted by Crippen LogP contribution is 2.27. The van der Waals surface area contributed by atoms with Gasteiger partial charge in [0.25, 0.3) is 10.0 Å². The summed E-state index contributed by atoms with van der Waals surface area (Å²) in [7, 11) is -2.62. The molecule has 0 radical (unpaired) electrons. The van der Waals surface area contributed by atoms with Crippen LogP contribution in [0.4, 0.5) is 5.69 Å². The monoisotopic (exact) mass is 603 g/mol. The van der Waals surface area contributed by atoms with Gasteiger partial charge in [-0.25, -0.2) is 8.42 Å². The van der Waals surface area contributed by atoms with Crippen LogP contribution in [0.1, 0.15) is 22.3 Å². The zero-order valence-corrected chi connectivity index (χ0v) is 25.4. The maximum atomic E-state index is 14.3. The highest BCUT2D eigenvalue weighted by atomic mass is 35.5. The van der Waals surface area contributed by atoms with Gasteiger partial charge in [0.2, 0.25) is 11.8 Å². The Bertz CT molecular complexity index is 1610. The summed E-state index contributed by atoms with van der Waals surface area (Å²) in [5, 5.41) is 3.23. The molecule has 4 aromatic rings. The number of sulfonamides is 1. The number of nitrogens with one attached hydrogen (secondary N) is 1. The fraction of sp³-hybridized carbons (Fsp3) is 0.212. The van der Waals surface area contributed by atoms with Gasteiger partial charge in [0, 0.05) is 25.0 Å². The number of hydrogen-bond donors (Lipinski definition) is 1. The van der Waals surface area contributed by atoms with Crippen molar-refractivity contribution in [3.8, 4) is 0 Å². The quantitative estimate of drug-likeness (QED) is 0.244. The van der Waals surface area contributed by atoms with E-state index >= 15 is 0 Å². The Kier molecular flexibility index (Phi) is 10.0. The minimum Gasteiger partial charge on any atom is -0.357 e. The van der Waals surface area contributed by atoms with Crippen molar-refractivity contribution in [1.82, 2.24) is 10.2 Å². The molecule has 0 saturated carbocycles. The Morgan fingerprint density at radius 2 is 1.38 bits per heavy atom. The van der Waals surface area contributed by atoms with Gasteiger partial charge in [-0.05, 0) is 72.5 Å². The normalized spacial score (nSPS) is 11.9. The largest absolute Gasteiger partial charge is 0.357 e. The molecule has 0 spiro atoms. The number of anilines is 1. The molecule has 7 nitrogen and oxygen atoms in total. The lowest BCUT2D eigenvalue weighted by atomic mass is 10.0. The van der Waals surface area contributed by atoms with Crippen molar-refractivity contribution in [1.29, 1.82) is 0 Å². The number of amides is 2. The highest BCUT2D eigenvalue weighted by Gasteiger charge is 2.34. The lowest BCUT2D eigenvalue weighted by Crippen LogP contribution is -2.53. The fourth-order valence-electron chi connectivity index (χ4n) is 4.85. The number of rotatable bonds is 11. The second-order valence-electron chi connectivity index (χ2n) is 10.1. The second-order valence-corrected chi connectivity index (χ2v) is 12.4. The summed E-state index contributed by atoms with van der Waals surface area (Å²) in [6.45, 7) is 3.32. The van der Waals surface area contributed by atoms with Crippen molar-refractivity contribution >= 4 is 39.1 Å². The first-order valence-electron chi connectivity index (χ1n) is 13.5. The zero-order chi connectivity index (χ0) is 30.3. The molecule has 0 unspecified atom stereocenters. The number of benzene rings is 4. The molecule has 0 bridgehead atoms. The highest BCUT2D eigenvalue weighted by molar-refractivity contribution is 7.92. The van der Waals surface area contributed by atoms with Gasteiger partial charge in [-0.3, -0.25) is 13.9 Å². The van der Waals surface area contributed by atoms with Gasteiger partial charge in [-0.1, -0.05) is 78.3 Å². The van der Waals surface area contributed by atoms with E-state index in [-0.39, 0.29) is 23.8 Å². The van der Waals surface area contributed by atoms with Crippen LogP contribution in [0, 0.1) is 13.8 Å². The summed E-state index contributed by atoms with van der Waals surface area (Å²) >= 11 is 6.11. The number of nitrogens with zero attached hydrogens (tertiary/aromatic N) is 2. The average Bonchev–Trinajstić information content (AvgIpc) is 2.98. The van der Waals surface area contributed by atoms with E-state index in [1.165, 1.54) is 24.1 Å². The topological polar surface area (TPSA) is 86.8 Å². The number of hydrogen-bond acceptors (Lipinski definition) is 4. The molecular formula is C33H34ClN3O4S. The van der Waals surface area contributed by atoms with Crippen LogP contribution in [0.3, 0.4) is 0 Å². The summed E-state index contributed by atoms with van der Waals surface area (Å²) in [6.07, 6.45) is 0.245. The summed E-state index contributed by atoms with van der Waals surface area (Å²) in [6, 6.07) is 28.9. The van der Waals surface area contributed by atoms with Gasteiger partial charge in [0.15, 0.2) is 0 Å². The SMILES string of the molecule is CNC(=O)[C@H](Cc1ccccc1)N(Cc1ccc(Cl)cc1)C(=O)CN(c1cc(C)cc(C)c1)S(=O)(=O)c1ccccc1. The fourth-order valence-corrected chi connectivity index (χ4v) is 6.40. The molecule has 0 aromatic heterocycles. The van der Waals surface area contributed by atoms with Crippen LogP contribution in [0.5, 0.6) is 0 Å². The van der Waals surface area contributed by atoms with E-state index in [4.69, 9.17) is 11.6 Å². The van der Waals surface area contributed by atoms with E-state index in [1.54, 1.807) is 54.6 Å². The number of carbonyl (C=O) groups excluding carboxylic acids is 2.